The smallest absolute Gasteiger partial charge is 0.211 e. The van der Waals surface area contributed by atoms with Crippen molar-refractivity contribution < 1.29 is 19.1 Å². The van der Waals surface area contributed by atoms with Crippen LogP contribution in [0.1, 0.15) is 25.0 Å². The Bertz CT molecular complexity index is 753. The van der Waals surface area contributed by atoms with E-state index < -0.39 is 0 Å². The highest BCUT2D eigenvalue weighted by Gasteiger charge is 2.06. The van der Waals surface area contributed by atoms with Gasteiger partial charge in [0.15, 0.2) is 0 Å². The number of ether oxygens (including phenoxy) is 2. The van der Waals surface area contributed by atoms with Gasteiger partial charge in [-0.3, -0.25) is 9.59 Å². The van der Waals surface area contributed by atoms with E-state index >= 15 is 0 Å². The highest BCUT2D eigenvalue weighted by atomic mass is 16.5. The Labute approximate surface area is 164 Å². The number of nitrogens with one attached hydrogen (secondary N) is 2. The molecule has 2 N–H and O–H groups in total. The highest BCUT2D eigenvalue weighted by Crippen LogP contribution is 2.19. The maximum Gasteiger partial charge on any atom is 0.211 e. The fourth-order valence-electron chi connectivity index (χ4n) is 2.51. The molecule has 0 saturated carbocycles. The van der Waals surface area contributed by atoms with Gasteiger partial charge in [0.05, 0.1) is 24.6 Å². The van der Waals surface area contributed by atoms with E-state index in [2.05, 4.69) is 10.6 Å². The average Bonchev–Trinajstić information content (AvgIpc) is 2.70. The first-order chi connectivity index (χ1) is 13.7. The summed E-state index contributed by atoms with van der Waals surface area (Å²) in [7, 11) is 0. The van der Waals surface area contributed by atoms with Gasteiger partial charge in [-0.2, -0.15) is 0 Å². The van der Waals surface area contributed by atoms with E-state index in [0.29, 0.717) is 37.4 Å². The lowest BCUT2D eigenvalue weighted by Gasteiger charge is -2.11. The van der Waals surface area contributed by atoms with Gasteiger partial charge in [-0.1, -0.05) is 24.3 Å². The molecule has 0 saturated heterocycles. The van der Waals surface area contributed by atoms with Crippen LogP contribution < -0.4 is 20.1 Å². The summed E-state index contributed by atoms with van der Waals surface area (Å²) in [5.74, 6) is 1.53. The average molecular weight is 380 g/mol. The predicted octanol–water partition coefficient (Wildman–Crippen LogP) is 3.36. The zero-order chi connectivity index (χ0) is 20.2. The number of hydrogen-bond acceptors (Lipinski definition) is 4. The molecule has 0 aliphatic heterocycles. The van der Waals surface area contributed by atoms with E-state index in [9.17, 15) is 9.59 Å². The van der Waals surface area contributed by atoms with E-state index in [0.717, 1.165) is 22.6 Å². The molecule has 0 aromatic heterocycles. The largest absolute Gasteiger partial charge is 0.494 e. The van der Waals surface area contributed by atoms with Crippen LogP contribution in [0.15, 0.2) is 59.9 Å². The lowest BCUT2D eigenvalue weighted by molar-refractivity contribution is -0.110. The van der Waals surface area contributed by atoms with Crippen molar-refractivity contribution in [2.75, 3.05) is 13.2 Å². The van der Waals surface area contributed by atoms with Gasteiger partial charge in [-0.15, -0.1) is 0 Å². The first-order valence-electron chi connectivity index (χ1n) is 9.00. The summed E-state index contributed by atoms with van der Waals surface area (Å²) in [4.78, 5) is 22.2. The van der Waals surface area contributed by atoms with Crippen LogP contribution in [-0.4, -0.2) is 26.0 Å². The van der Waals surface area contributed by atoms with Crippen LogP contribution in [0, 0.1) is 0 Å². The minimum absolute atomic E-state index is 0.458. The van der Waals surface area contributed by atoms with Crippen LogP contribution in [0.2, 0.25) is 0 Å². The minimum Gasteiger partial charge on any atom is -0.494 e. The molecule has 0 bridgehead atoms. The van der Waals surface area contributed by atoms with Gasteiger partial charge in [0, 0.05) is 0 Å². The van der Waals surface area contributed by atoms with Gasteiger partial charge in [0.25, 0.3) is 0 Å². The van der Waals surface area contributed by atoms with Gasteiger partial charge >= 0.3 is 0 Å². The standard InChI is InChI=1S/C22H24N2O4/c1-3-27-19-9-5-17(6-10-19)13-21(23-15-25)22(24-16-26)14-18-7-11-20(12-8-18)28-4-2/h5-16H,3-4H2,1-2H3,(H,23,25)(H,24,26). The third kappa shape index (κ3) is 6.32. The van der Waals surface area contributed by atoms with Gasteiger partial charge in [-0.05, 0) is 61.4 Å². The van der Waals surface area contributed by atoms with Crippen LogP contribution in [0.4, 0.5) is 0 Å². The van der Waals surface area contributed by atoms with Crippen molar-refractivity contribution in [2.45, 2.75) is 13.8 Å². The van der Waals surface area contributed by atoms with Crippen molar-refractivity contribution in [1.82, 2.24) is 10.6 Å². The highest BCUT2D eigenvalue weighted by molar-refractivity contribution is 5.72. The number of carbonyl (C=O) groups is 2. The van der Waals surface area contributed by atoms with Crippen molar-refractivity contribution in [2.24, 2.45) is 0 Å². The monoisotopic (exact) mass is 380 g/mol. The number of carbonyl (C=O) groups excluding carboxylic acids is 2. The molecule has 0 aliphatic carbocycles. The number of hydrogen-bond donors (Lipinski definition) is 2. The van der Waals surface area contributed by atoms with E-state index in [1.165, 1.54) is 0 Å². The van der Waals surface area contributed by atoms with Crippen molar-refractivity contribution in [3.8, 4) is 11.5 Å². The maximum atomic E-state index is 11.1. The molecule has 2 rings (SSSR count). The molecule has 146 valence electrons. The Balaban J connectivity index is 2.34. The van der Waals surface area contributed by atoms with Crippen LogP contribution in [0.25, 0.3) is 12.2 Å². The molecule has 0 unspecified atom stereocenters. The van der Waals surface area contributed by atoms with Crippen LogP contribution >= 0.6 is 0 Å². The van der Waals surface area contributed by atoms with E-state index in [-0.39, 0.29) is 0 Å². The first kappa shape index (κ1) is 20.8. The minimum atomic E-state index is 0.458. The Kier molecular flexibility index (Phi) is 8.33. The molecule has 0 radical (unpaired) electrons. The fraction of sp³-hybridized carbons (Fsp3) is 0.182. The van der Waals surface area contributed by atoms with Crippen molar-refractivity contribution in [3.63, 3.8) is 0 Å². The van der Waals surface area contributed by atoms with Crippen molar-refractivity contribution in [3.05, 3.63) is 71.1 Å². The van der Waals surface area contributed by atoms with Gasteiger partial charge in [0.1, 0.15) is 11.5 Å². The maximum absolute atomic E-state index is 11.1. The topological polar surface area (TPSA) is 76.7 Å². The molecule has 2 aromatic carbocycles. The molecule has 0 atom stereocenters. The molecular weight excluding hydrogens is 356 g/mol. The second-order valence-corrected chi connectivity index (χ2v) is 5.64. The van der Waals surface area contributed by atoms with Gasteiger partial charge in [0.2, 0.25) is 12.8 Å². The molecular formula is C22H24N2O4. The fourth-order valence-corrected chi connectivity index (χ4v) is 2.51. The summed E-state index contributed by atoms with van der Waals surface area (Å²) in [6.45, 7) is 5.02. The van der Waals surface area contributed by atoms with E-state index in [1.807, 2.05) is 62.4 Å². The number of benzene rings is 2. The van der Waals surface area contributed by atoms with Crippen molar-refractivity contribution in [1.29, 1.82) is 0 Å². The van der Waals surface area contributed by atoms with Crippen LogP contribution in [0.5, 0.6) is 11.5 Å². The second kappa shape index (κ2) is 11.2. The summed E-state index contributed by atoms with van der Waals surface area (Å²) in [6, 6.07) is 14.8. The zero-order valence-corrected chi connectivity index (χ0v) is 16.0. The quantitative estimate of drug-likeness (QED) is 0.463. The first-order valence-corrected chi connectivity index (χ1v) is 9.00. The number of amides is 2. The zero-order valence-electron chi connectivity index (χ0n) is 16.0. The van der Waals surface area contributed by atoms with Crippen LogP contribution in [-0.2, 0) is 9.59 Å². The molecule has 2 amide bonds. The number of rotatable bonds is 11. The summed E-state index contributed by atoms with van der Waals surface area (Å²) in [5.41, 5.74) is 2.61. The Morgan fingerprint density at radius 1 is 0.714 bits per heavy atom. The molecule has 0 aliphatic rings. The predicted molar refractivity (Wildman–Crippen MR) is 110 cm³/mol. The second-order valence-electron chi connectivity index (χ2n) is 5.64. The van der Waals surface area contributed by atoms with Gasteiger partial charge in [-0.25, -0.2) is 0 Å². The van der Waals surface area contributed by atoms with Gasteiger partial charge < -0.3 is 20.1 Å². The SMILES string of the molecule is CCOc1ccc(C=C(NC=O)C(=Cc2ccc(OCC)cc2)NC=O)cc1. The third-order valence-corrected chi connectivity index (χ3v) is 3.72. The Hall–Kier alpha value is -3.54. The molecule has 6 heteroatoms. The Morgan fingerprint density at radius 3 is 1.36 bits per heavy atom. The lowest BCUT2D eigenvalue weighted by Crippen LogP contribution is -2.21. The van der Waals surface area contributed by atoms with E-state index in [4.69, 9.17) is 9.47 Å². The lowest BCUT2D eigenvalue weighted by atomic mass is 10.1. The summed E-state index contributed by atoms with van der Waals surface area (Å²) >= 11 is 0. The molecule has 0 spiro atoms. The molecule has 28 heavy (non-hydrogen) atoms. The summed E-state index contributed by atoms with van der Waals surface area (Å²) < 4.78 is 10.9. The molecule has 0 fully saturated rings. The molecule has 0 heterocycles. The summed E-state index contributed by atoms with van der Waals surface area (Å²) in [5, 5.41) is 5.29. The molecule has 2 aromatic rings. The van der Waals surface area contributed by atoms with Crippen LogP contribution in [0.3, 0.4) is 0 Å². The Morgan fingerprint density at radius 2 is 1.07 bits per heavy atom. The van der Waals surface area contributed by atoms with E-state index in [1.54, 1.807) is 12.2 Å². The molecule has 6 nitrogen and oxygen atoms in total. The summed E-state index contributed by atoms with van der Waals surface area (Å²) in [6.07, 6.45) is 4.67. The third-order valence-electron chi connectivity index (χ3n) is 3.72. The normalized spacial score (nSPS) is 11.5. The van der Waals surface area contributed by atoms with Crippen molar-refractivity contribution >= 4 is 25.0 Å².